The summed E-state index contributed by atoms with van der Waals surface area (Å²) < 4.78 is 46.8. The molecule has 2 N–H and O–H groups in total. The highest BCUT2D eigenvalue weighted by molar-refractivity contribution is 5.74. The first-order chi connectivity index (χ1) is 13.2. The van der Waals surface area contributed by atoms with Gasteiger partial charge in [0.1, 0.15) is 18.6 Å². The number of nitrogens with one attached hydrogen (secondary N) is 2. The van der Waals surface area contributed by atoms with E-state index < -0.39 is 23.4 Å². The van der Waals surface area contributed by atoms with Crippen molar-refractivity contribution in [3.8, 4) is 11.8 Å². The van der Waals surface area contributed by atoms with E-state index >= 15 is 0 Å². The molecule has 10 nitrogen and oxygen atoms in total. The van der Waals surface area contributed by atoms with E-state index in [0.29, 0.717) is 5.56 Å². The number of nitrogens with zero attached hydrogens (tertiary/aromatic N) is 3. The van der Waals surface area contributed by atoms with Gasteiger partial charge in [-0.25, -0.2) is 4.79 Å². The van der Waals surface area contributed by atoms with Gasteiger partial charge in [0.05, 0.1) is 12.6 Å². The molecular weight excluding hydrogens is 387 g/mol. The van der Waals surface area contributed by atoms with Crippen molar-refractivity contribution in [3.63, 3.8) is 0 Å². The van der Waals surface area contributed by atoms with E-state index in [1.165, 1.54) is 22.9 Å². The number of hydrogen-bond acceptors (Lipinski definition) is 6. The molecule has 0 saturated carbocycles. The Balaban J connectivity index is 1.47. The van der Waals surface area contributed by atoms with E-state index in [2.05, 4.69) is 20.4 Å². The first kappa shape index (κ1) is 19.3. The van der Waals surface area contributed by atoms with Crippen molar-refractivity contribution in [3.05, 3.63) is 46.1 Å². The lowest BCUT2D eigenvalue weighted by atomic mass is 10.2. The minimum absolute atomic E-state index is 0.0769. The van der Waals surface area contributed by atoms with Crippen LogP contribution in [0, 0.1) is 10.1 Å². The zero-order valence-corrected chi connectivity index (χ0v) is 14.1. The smallest absolute Gasteiger partial charge is 0.444 e. The number of ether oxygens (including phenoxy) is 2. The van der Waals surface area contributed by atoms with Gasteiger partial charge in [0, 0.05) is 11.5 Å². The predicted molar refractivity (Wildman–Crippen MR) is 86.7 cm³/mol. The van der Waals surface area contributed by atoms with Crippen LogP contribution in [0.25, 0.3) is 0 Å². The summed E-state index contributed by atoms with van der Waals surface area (Å²) in [6.07, 6.45) is -3.55. The van der Waals surface area contributed by atoms with Gasteiger partial charge in [-0.1, -0.05) is 12.1 Å². The highest BCUT2D eigenvalue weighted by Gasteiger charge is 2.31. The Hall–Kier alpha value is -3.51. The summed E-state index contributed by atoms with van der Waals surface area (Å²) in [5, 5.41) is 15.9. The minimum Gasteiger partial charge on any atom is -0.444 e. The molecule has 0 saturated heterocycles. The first-order valence-corrected chi connectivity index (χ1v) is 7.93. The second kappa shape index (κ2) is 7.62. The molecule has 0 radical (unpaired) electrons. The fourth-order valence-corrected chi connectivity index (χ4v) is 2.50. The number of halogens is 3. The number of hydrogen-bond donors (Lipinski definition) is 2. The van der Waals surface area contributed by atoms with Crippen LogP contribution < -0.4 is 20.1 Å². The summed E-state index contributed by atoms with van der Waals surface area (Å²) in [6.45, 7) is 0.408. The number of carbonyl (C=O) groups excluding carboxylic acids is 1. The monoisotopic (exact) mass is 401 g/mol. The van der Waals surface area contributed by atoms with Crippen molar-refractivity contribution in [1.29, 1.82) is 0 Å². The molecule has 0 fully saturated rings. The maximum atomic E-state index is 12.1. The topological polar surface area (TPSA) is 121 Å². The standard InChI is InChI=1S/C15H14F3N5O5/c16-15(17,18)28-11-3-1-9(2-4-11)5-19-13(24)20-10-6-22-7-12(23(25)26)21-14(22)27-8-10/h1-4,7,10H,5-6,8H2,(H2,19,20,24)/t10-/m0/s1. The highest BCUT2D eigenvalue weighted by atomic mass is 19.4. The molecule has 1 aliphatic rings. The van der Waals surface area contributed by atoms with Crippen molar-refractivity contribution in [2.75, 3.05) is 6.61 Å². The van der Waals surface area contributed by atoms with E-state index in [0.717, 1.165) is 12.1 Å². The van der Waals surface area contributed by atoms with Crippen LogP contribution in [0.2, 0.25) is 0 Å². The Bertz CT molecular complexity index is 868. The third kappa shape index (κ3) is 5.02. The number of benzene rings is 1. The Kier molecular flexibility index (Phi) is 5.24. The zero-order chi connectivity index (χ0) is 20.3. The van der Waals surface area contributed by atoms with Crippen LogP contribution in [0.1, 0.15) is 5.56 Å². The van der Waals surface area contributed by atoms with Gasteiger partial charge in [0.25, 0.3) is 0 Å². The summed E-state index contributed by atoms with van der Waals surface area (Å²) in [7, 11) is 0. The zero-order valence-electron chi connectivity index (χ0n) is 14.1. The molecule has 1 atom stereocenters. The van der Waals surface area contributed by atoms with Crippen molar-refractivity contribution >= 4 is 11.8 Å². The van der Waals surface area contributed by atoms with Gasteiger partial charge in [-0.2, -0.15) is 0 Å². The fourth-order valence-electron chi connectivity index (χ4n) is 2.50. The van der Waals surface area contributed by atoms with Gasteiger partial charge in [0.2, 0.25) is 0 Å². The SMILES string of the molecule is O=C(NCc1ccc(OC(F)(F)F)cc1)N[C@@H]1COc2nc([N+](=O)[O-])cn2C1. The molecule has 0 bridgehead atoms. The van der Waals surface area contributed by atoms with E-state index in [4.69, 9.17) is 4.74 Å². The largest absolute Gasteiger partial charge is 0.573 e. The van der Waals surface area contributed by atoms with Crippen LogP contribution in [0.5, 0.6) is 11.8 Å². The van der Waals surface area contributed by atoms with E-state index in [1.54, 1.807) is 0 Å². The number of carbonyl (C=O) groups is 1. The third-order valence-corrected chi connectivity index (χ3v) is 3.69. The maximum absolute atomic E-state index is 12.1. The van der Waals surface area contributed by atoms with Crippen molar-refractivity contribution in [2.45, 2.75) is 25.5 Å². The van der Waals surface area contributed by atoms with Crippen LogP contribution >= 0.6 is 0 Å². The Morgan fingerprint density at radius 1 is 1.39 bits per heavy atom. The molecule has 0 aliphatic carbocycles. The van der Waals surface area contributed by atoms with Gasteiger partial charge in [0.15, 0.2) is 0 Å². The second-order valence-corrected chi connectivity index (χ2v) is 5.82. The van der Waals surface area contributed by atoms with Crippen LogP contribution in [0.15, 0.2) is 30.5 Å². The van der Waals surface area contributed by atoms with E-state index in [-0.39, 0.29) is 37.3 Å². The van der Waals surface area contributed by atoms with Crippen molar-refractivity contribution < 1.29 is 32.4 Å². The Morgan fingerprint density at radius 2 is 2.11 bits per heavy atom. The molecule has 1 aromatic heterocycles. The molecule has 3 rings (SSSR count). The minimum atomic E-state index is -4.77. The second-order valence-electron chi connectivity index (χ2n) is 5.82. The van der Waals surface area contributed by atoms with Crippen molar-refractivity contribution in [2.24, 2.45) is 0 Å². The number of urea groups is 1. The fraction of sp³-hybridized carbons (Fsp3) is 0.333. The number of alkyl halides is 3. The summed E-state index contributed by atoms with van der Waals surface area (Å²) in [6, 6.07) is 4.21. The highest BCUT2D eigenvalue weighted by Crippen LogP contribution is 2.23. The first-order valence-electron chi connectivity index (χ1n) is 7.93. The molecule has 1 aliphatic heterocycles. The van der Waals surface area contributed by atoms with Crippen LogP contribution in [0.3, 0.4) is 0 Å². The molecular formula is C15H14F3N5O5. The maximum Gasteiger partial charge on any atom is 0.573 e. The van der Waals surface area contributed by atoms with Gasteiger partial charge in [-0.05, 0) is 22.6 Å². The molecule has 13 heteroatoms. The van der Waals surface area contributed by atoms with Crippen LogP contribution in [-0.4, -0.2) is 39.5 Å². The Labute approximate surface area is 155 Å². The third-order valence-electron chi connectivity index (χ3n) is 3.69. The van der Waals surface area contributed by atoms with Crippen LogP contribution in [-0.2, 0) is 13.1 Å². The molecule has 0 spiro atoms. The predicted octanol–water partition coefficient (Wildman–Crippen LogP) is 1.95. The number of imidazole rings is 1. The van der Waals surface area contributed by atoms with Gasteiger partial charge in [-0.3, -0.25) is 4.57 Å². The Morgan fingerprint density at radius 3 is 2.75 bits per heavy atom. The van der Waals surface area contributed by atoms with Crippen LogP contribution in [0.4, 0.5) is 23.8 Å². The lowest BCUT2D eigenvalue weighted by molar-refractivity contribution is -0.389. The molecule has 2 heterocycles. The average Bonchev–Trinajstić information content (AvgIpc) is 3.03. The van der Waals surface area contributed by atoms with E-state index in [1.807, 2.05) is 0 Å². The number of amides is 2. The normalized spacial score (nSPS) is 15.9. The van der Waals surface area contributed by atoms with Gasteiger partial charge >= 0.3 is 24.2 Å². The summed E-state index contributed by atoms with van der Waals surface area (Å²) in [4.78, 5) is 25.8. The van der Waals surface area contributed by atoms with Crippen molar-refractivity contribution in [1.82, 2.24) is 20.2 Å². The number of rotatable bonds is 5. The summed E-state index contributed by atoms with van der Waals surface area (Å²) in [5.41, 5.74) is 0.567. The number of nitro groups is 1. The lowest BCUT2D eigenvalue weighted by Crippen LogP contribution is -2.48. The number of fused-ring (bicyclic) bond motifs is 1. The molecule has 2 amide bonds. The average molecular weight is 401 g/mol. The van der Waals surface area contributed by atoms with Gasteiger partial charge in [-0.15, -0.1) is 13.2 Å². The molecule has 2 aromatic rings. The lowest BCUT2D eigenvalue weighted by Gasteiger charge is -2.23. The van der Waals surface area contributed by atoms with E-state index in [9.17, 15) is 28.1 Å². The molecule has 150 valence electrons. The number of aromatic nitrogens is 2. The quantitative estimate of drug-likeness (QED) is 0.584. The van der Waals surface area contributed by atoms with Gasteiger partial charge < -0.3 is 30.2 Å². The molecule has 28 heavy (non-hydrogen) atoms. The molecule has 1 aromatic carbocycles. The molecule has 0 unspecified atom stereocenters. The summed E-state index contributed by atoms with van der Waals surface area (Å²) >= 11 is 0. The summed E-state index contributed by atoms with van der Waals surface area (Å²) in [5.74, 6) is -0.705.